The Morgan fingerprint density at radius 1 is 1.26 bits per heavy atom. The summed E-state index contributed by atoms with van der Waals surface area (Å²) in [7, 11) is 0. The normalized spacial score (nSPS) is 20.2. The number of carboxylic acids is 1. The average molecular weight is 442 g/mol. The predicted molar refractivity (Wildman–Crippen MR) is 104 cm³/mol. The zero-order valence-corrected chi connectivity index (χ0v) is 17.1. The zero-order chi connectivity index (χ0) is 22.4. The summed E-state index contributed by atoms with van der Waals surface area (Å²) in [5, 5.41) is 7.12. The predicted octanol–water partition coefficient (Wildman–Crippen LogP) is 2.66. The van der Waals surface area contributed by atoms with Crippen molar-refractivity contribution in [2.24, 2.45) is 0 Å². The van der Waals surface area contributed by atoms with Gasteiger partial charge in [-0.2, -0.15) is 13.2 Å². The van der Waals surface area contributed by atoms with Crippen molar-refractivity contribution in [3.05, 3.63) is 42.0 Å². The first kappa shape index (κ1) is 23.0. The van der Waals surface area contributed by atoms with Crippen LogP contribution in [0.5, 0.6) is 6.01 Å². The van der Waals surface area contributed by atoms with Crippen molar-refractivity contribution in [2.45, 2.75) is 51.2 Å². The van der Waals surface area contributed by atoms with Crippen LogP contribution in [0.1, 0.15) is 24.2 Å². The maximum absolute atomic E-state index is 10.6. The van der Waals surface area contributed by atoms with Crippen molar-refractivity contribution in [2.75, 3.05) is 19.8 Å². The molecule has 0 aromatic carbocycles. The quantitative estimate of drug-likeness (QED) is 0.782. The van der Waals surface area contributed by atoms with Gasteiger partial charge in [-0.05, 0) is 38.0 Å². The summed E-state index contributed by atoms with van der Waals surface area (Å²) in [4.78, 5) is 20.1. The maximum Gasteiger partial charge on any atom is 0.490 e. The van der Waals surface area contributed by atoms with Crippen LogP contribution in [-0.2, 0) is 22.6 Å². The number of carboxylic acid groups (broad SMARTS) is 1. The number of hydrogen-bond acceptors (Lipinski definition) is 6. The van der Waals surface area contributed by atoms with Crippen molar-refractivity contribution in [3.63, 3.8) is 0 Å². The topological polar surface area (TPSA) is 89.7 Å². The van der Waals surface area contributed by atoms with Gasteiger partial charge >= 0.3 is 18.2 Å². The number of aromatic nitrogens is 3. The van der Waals surface area contributed by atoms with Crippen LogP contribution in [0.3, 0.4) is 0 Å². The summed E-state index contributed by atoms with van der Waals surface area (Å²) in [6.45, 7) is 6.36. The van der Waals surface area contributed by atoms with E-state index in [0.29, 0.717) is 12.1 Å². The SMILES string of the molecule is Cc1ccnc(OC2CN(C3CCOCC3)Cc3cccn3C2)n1.O=C(O)C(F)(F)F. The van der Waals surface area contributed by atoms with E-state index in [4.69, 9.17) is 19.4 Å². The molecule has 1 fully saturated rings. The van der Waals surface area contributed by atoms with Gasteiger partial charge in [-0.3, -0.25) is 4.90 Å². The van der Waals surface area contributed by atoms with Gasteiger partial charge in [0.1, 0.15) is 6.10 Å². The molecule has 1 saturated heterocycles. The van der Waals surface area contributed by atoms with E-state index >= 15 is 0 Å². The Morgan fingerprint density at radius 3 is 2.61 bits per heavy atom. The van der Waals surface area contributed by atoms with E-state index in [1.807, 2.05) is 13.0 Å². The van der Waals surface area contributed by atoms with E-state index in [-0.39, 0.29) is 6.10 Å². The van der Waals surface area contributed by atoms with Crippen LogP contribution >= 0.6 is 0 Å². The molecule has 2 aromatic heterocycles. The van der Waals surface area contributed by atoms with Crippen LogP contribution in [0.25, 0.3) is 0 Å². The molecule has 170 valence electrons. The lowest BCUT2D eigenvalue weighted by molar-refractivity contribution is -0.192. The van der Waals surface area contributed by atoms with Gasteiger partial charge in [-0.25, -0.2) is 14.8 Å². The number of hydrogen-bond donors (Lipinski definition) is 1. The Bertz CT molecular complexity index is 868. The minimum atomic E-state index is -5.08. The van der Waals surface area contributed by atoms with Crippen LogP contribution in [0.4, 0.5) is 13.2 Å². The summed E-state index contributed by atoms with van der Waals surface area (Å²) in [6.07, 6.45) is 1.04. The fraction of sp³-hybridized carbons (Fsp3) is 0.550. The molecule has 1 atom stereocenters. The monoisotopic (exact) mass is 442 g/mol. The van der Waals surface area contributed by atoms with E-state index < -0.39 is 12.1 Å². The second kappa shape index (κ2) is 10.1. The molecule has 0 bridgehead atoms. The van der Waals surface area contributed by atoms with Crippen LogP contribution in [0.15, 0.2) is 30.6 Å². The number of halogens is 3. The van der Waals surface area contributed by atoms with Gasteiger partial charge in [0, 0.05) is 56.1 Å². The van der Waals surface area contributed by atoms with E-state index in [2.05, 4.69) is 37.8 Å². The first-order chi connectivity index (χ1) is 14.7. The van der Waals surface area contributed by atoms with Crippen molar-refractivity contribution in [1.82, 2.24) is 19.4 Å². The van der Waals surface area contributed by atoms with Crippen molar-refractivity contribution >= 4 is 5.97 Å². The molecular weight excluding hydrogens is 417 g/mol. The Balaban J connectivity index is 0.000000339. The highest BCUT2D eigenvalue weighted by atomic mass is 19.4. The molecule has 11 heteroatoms. The number of nitrogens with zero attached hydrogens (tertiary/aromatic N) is 4. The molecule has 31 heavy (non-hydrogen) atoms. The lowest BCUT2D eigenvalue weighted by atomic mass is 10.1. The van der Waals surface area contributed by atoms with Crippen LogP contribution < -0.4 is 4.74 Å². The standard InChI is InChI=1S/C18H24N4O2.C2HF3O2/c1-14-4-7-19-18(20-14)24-17-12-21-8-2-3-16(21)11-22(13-17)15-5-9-23-10-6-15;3-2(4,5)1(6)7/h2-4,7-8,15,17H,5-6,9-13H2,1H3;(H,6,7). The zero-order valence-electron chi connectivity index (χ0n) is 17.1. The van der Waals surface area contributed by atoms with Gasteiger partial charge in [0.25, 0.3) is 0 Å². The van der Waals surface area contributed by atoms with Gasteiger partial charge < -0.3 is 19.1 Å². The summed E-state index contributed by atoms with van der Waals surface area (Å²) < 4.78 is 45.7. The molecule has 8 nitrogen and oxygen atoms in total. The third-order valence-electron chi connectivity index (χ3n) is 5.12. The molecule has 1 unspecified atom stereocenters. The van der Waals surface area contributed by atoms with Gasteiger partial charge in [0.2, 0.25) is 0 Å². The molecule has 4 rings (SSSR count). The number of fused-ring (bicyclic) bond motifs is 1. The maximum atomic E-state index is 10.6. The van der Waals surface area contributed by atoms with E-state index in [1.165, 1.54) is 5.69 Å². The molecule has 2 aromatic rings. The van der Waals surface area contributed by atoms with Crippen LogP contribution in [0.2, 0.25) is 0 Å². The molecule has 0 radical (unpaired) electrons. The minimum absolute atomic E-state index is 0.0447. The fourth-order valence-corrected chi connectivity index (χ4v) is 3.62. The third-order valence-corrected chi connectivity index (χ3v) is 5.12. The van der Waals surface area contributed by atoms with Crippen molar-refractivity contribution in [1.29, 1.82) is 0 Å². The second-order valence-electron chi connectivity index (χ2n) is 7.45. The minimum Gasteiger partial charge on any atom is -0.475 e. The van der Waals surface area contributed by atoms with Gasteiger partial charge in [0.05, 0.1) is 6.54 Å². The number of ether oxygens (including phenoxy) is 2. The molecule has 0 spiro atoms. The first-order valence-corrected chi connectivity index (χ1v) is 9.94. The second-order valence-corrected chi connectivity index (χ2v) is 7.45. The van der Waals surface area contributed by atoms with Gasteiger partial charge in [-0.15, -0.1) is 0 Å². The van der Waals surface area contributed by atoms with E-state index in [0.717, 1.165) is 51.4 Å². The highest BCUT2D eigenvalue weighted by Gasteiger charge is 2.38. The van der Waals surface area contributed by atoms with Crippen LogP contribution in [0, 0.1) is 6.92 Å². The number of aliphatic carboxylic acids is 1. The summed E-state index contributed by atoms with van der Waals surface area (Å²) in [5.41, 5.74) is 2.27. The van der Waals surface area contributed by atoms with Crippen LogP contribution in [-0.4, -0.2) is 68.6 Å². The molecule has 0 aliphatic carbocycles. The van der Waals surface area contributed by atoms with Crippen molar-refractivity contribution < 1.29 is 32.5 Å². The Hall–Kier alpha value is -2.66. The molecule has 2 aliphatic heterocycles. The smallest absolute Gasteiger partial charge is 0.475 e. The first-order valence-electron chi connectivity index (χ1n) is 9.94. The number of alkyl halides is 3. The summed E-state index contributed by atoms with van der Waals surface area (Å²) >= 11 is 0. The highest BCUT2D eigenvalue weighted by Crippen LogP contribution is 2.22. The van der Waals surface area contributed by atoms with Gasteiger partial charge in [0.15, 0.2) is 0 Å². The lowest BCUT2D eigenvalue weighted by Crippen LogP contribution is -2.43. The average Bonchev–Trinajstić information content (AvgIpc) is 3.07. The Kier molecular flexibility index (Phi) is 7.50. The fourth-order valence-electron chi connectivity index (χ4n) is 3.62. The Morgan fingerprint density at radius 2 is 1.97 bits per heavy atom. The molecule has 0 amide bonds. The summed E-state index contributed by atoms with van der Waals surface area (Å²) in [6, 6.07) is 7.24. The Labute approximate surface area is 177 Å². The third kappa shape index (κ3) is 6.66. The molecule has 1 N–H and O–H groups in total. The summed E-state index contributed by atoms with van der Waals surface area (Å²) in [5.74, 6) is -2.76. The van der Waals surface area contributed by atoms with E-state index in [9.17, 15) is 13.2 Å². The molecular formula is C20H25F3N4O4. The number of aryl methyl sites for hydroxylation is 1. The largest absolute Gasteiger partial charge is 0.490 e. The highest BCUT2D eigenvalue weighted by molar-refractivity contribution is 5.73. The molecule has 4 heterocycles. The lowest BCUT2D eigenvalue weighted by Gasteiger charge is -2.34. The van der Waals surface area contributed by atoms with Crippen molar-refractivity contribution in [3.8, 4) is 6.01 Å². The number of carbonyl (C=O) groups is 1. The number of rotatable bonds is 3. The van der Waals surface area contributed by atoms with E-state index in [1.54, 1.807) is 6.20 Å². The molecule has 2 aliphatic rings. The van der Waals surface area contributed by atoms with Gasteiger partial charge in [-0.1, -0.05) is 0 Å². The molecule has 0 saturated carbocycles.